The Bertz CT molecular complexity index is 598. The Balaban J connectivity index is 1.11. The van der Waals surface area contributed by atoms with Gasteiger partial charge in [-0.2, -0.15) is 0 Å². The van der Waals surface area contributed by atoms with Crippen molar-refractivity contribution in [2.45, 2.75) is 77.0 Å². The molecule has 0 aromatic rings. The minimum Gasteiger partial charge on any atom is -0.356 e. The van der Waals surface area contributed by atoms with Crippen LogP contribution in [0, 0.1) is 23.2 Å². The second kappa shape index (κ2) is 9.05. The molecule has 0 atom stereocenters. The first-order chi connectivity index (χ1) is 14.0. The first-order valence-corrected chi connectivity index (χ1v) is 11.9. The van der Waals surface area contributed by atoms with Gasteiger partial charge >= 0.3 is 0 Å². The van der Waals surface area contributed by atoms with Gasteiger partial charge in [0.05, 0.1) is 0 Å². The van der Waals surface area contributed by atoms with Gasteiger partial charge in [-0.15, -0.1) is 0 Å². The van der Waals surface area contributed by atoms with Gasteiger partial charge in [0.25, 0.3) is 0 Å². The minimum atomic E-state index is -0.134. The van der Waals surface area contributed by atoms with E-state index in [0.717, 1.165) is 75.8 Å². The van der Waals surface area contributed by atoms with E-state index < -0.39 is 0 Å². The molecule has 1 aliphatic heterocycles. The van der Waals surface area contributed by atoms with E-state index in [1.54, 1.807) is 0 Å². The molecule has 3 amide bonds. The van der Waals surface area contributed by atoms with Crippen molar-refractivity contribution in [2.24, 2.45) is 23.2 Å². The first kappa shape index (κ1) is 20.7. The van der Waals surface area contributed by atoms with Crippen molar-refractivity contribution in [3.63, 3.8) is 0 Å². The third-order valence-corrected chi connectivity index (χ3v) is 7.76. The molecule has 0 aromatic carbocycles. The molecule has 1 saturated heterocycles. The molecule has 6 nitrogen and oxygen atoms in total. The quantitative estimate of drug-likeness (QED) is 0.612. The van der Waals surface area contributed by atoms with E-state index in [0.29, 0.717) is 25.9 Å². The monoisotopic (exact) mass is 403 g/mol. The predicted octanol–water partition coefficient (Wildman–Crippen LogP) is 2.62. The predicted molar refractivity (Wildman–Crippen MR) is 111 cm³/mol. The maximum Gasteiger partial charge on any atom is 0.226 e. The lowest BCUT2D eigenvalue weighted by atomic mass is 9.49. The molecule has 0 aromatic heterocycles. The van der Waals surface area contributed by atoms with Crippen molar-refractivity contribution in [3.8, 4) is 0 Å². The van der Waals surface area contributed by atoms with Gasteiger partial charge < -0.3 is 15.5 Å². The lowest BCUT2D eigenvalue weighted by molar-refractivity contribution is -0.146. The average Bonchev–Trinajstić information content (AvgIpc) is 2.88. The van der Waals surface area contributed by atoms with Gasteiger partial charge in [0.15, 0.2) is 0 Å². The molecule has 5 rings (SSSR count). The maximum absolute atomic E-state index is 12.9. The number of likely N-dealkylation sites (tertiary alicyclic amines) is 1. The van der Waals surface area contributed by atoms with Crippen LogP contribution in [-0.2, 0) is 14.4 Å². The van der Waals surface area contributed by atoms with Crippen molar-refractivity contribution < 1.29 is 14.4 Å². The van der Waals surface area contributed by atoms with Crippen LogP contribution in [0.3, 0.4) is 0 Å². The third kappa shape index (κ3) is 4.95. The molecule has 4 saturated carbocycles. The second-order valence-corrected chi connectivity index (χ2v) is 10.1. The van der Waals surface area contributed by atoms with E-state index in [9.17, 15) is 14.4 Å². The van der Waals surface area contributed by atoms with Gasteiger partial charge in [0, 0.05) is 44.4 Å². The van der Waals surface area contributed by atoms with Crippen LogP contribution < -0.4 is 10.6 Å². The van der Waals surface area contributed by atoms with Gasteiger partial charge in [-0.3, -0.25) is 14.4 Å². The summed E-state index contributed by atoms with van der Waals surface area (Å²) in [7, 11) is 0. The molecule has 1 heterocycles. The van der Waals surface area contributed by atoms with Gasteiger partial charge in [0.2, 0.25) is 17.7 Å². The summed E-state index contributed by atoms with van der Waals surface area (Å²) in [6.45, 7) is 2.59. The number of nitrogens with one attached hydrogen (secondary N) is 2. The van der Waals surface area contributed by atoms with E-state index in [4.69, 9.17) is 0 Å². The summed E-state index contributed by atoms with van der Waals surface area (Å²) in [5.41, 5.74) is -0.134. The molecular formula is C23H37N3O3. The van der Waals surface area contributed by atoms with Crippen LogP contribution in [-0.4, -0.2) is 48.8 Å². The highest BCUT2D eigenvalue weighted by atomic mass is 16.2. The number of carbonyl (C=O) groups is 3. The molecule has 2 N–H and O–H groups in total. The number of hydrogen-bond donors (Lipinski definition) is 2. The number of rotatable bonds is 8. The van der Waals surface area contributed by atoms with E-state index in [1.165, 1.54) is 19.3 Å². The Morgan fingerprint density at radius 3 is 2.31 bits per heavy atom. The fourth-order valence-electron chi connectivity index (χ4n) is 6.73. The molecule has 162 valence electrons. The lowest BCUT2D eigenvalue weighted by Crippen LogP contribution is -2.53. The van der Waals surface area contributed by atoms with E-state index in [-0.39, 0.29) is 23.1 Å². The third-order valence-electron chi connectivity index (χ3n) is 7.76. The number of carbonyl (C=O) groups excluding carboxylic acids is 3. The van der Waals surface area contributed by atoms with E-state index in [1.807, 2.05) is 4.90 Å². The summed E-state index contributed by atoms with van der Waals surface area (Å²) in [6, 6.07) is 0. The molecule has 5 aliphatic rings. The number of amides is 3. The number of nitrogens with zero attached hydrogens (tertiary/aromatic N) is 1. The van der Waals surface area contributed by atoms with Crippen LogP contribution in [0.1, 0.15) is 77.0 Å². The normalized spacial score (nSPS) is 33.4. The molecule has 6 heteroatoms. The van der Waals surface area contributed by atoms with Gasteiger partial charge in [-0.05, 0) is 75.5 Å². The van der Waals surface area contributed by atoms with Gasteiger partial charge in [0.1, 0.15) is 0 Å². The Hall–Kier alpha value is -1.59. The molecule has 4 aliphatic carbocycles. The summed E-state index contributed by atoms with van der Waals surface area (Å²) in [4.78, 5) is 38.9. The first-order valence-electron chi connectivity index (χ1n) is 11.9. The fraction of sp³-hybridized carbons (Fsp3) is 0.870. The Morgan fingerprint density at radius 2 is 1.62 bits per heavy atom. The zero-order valence-corrected chi connectivity index (χ0v) is 17.7. The van der Waals surface area contributed by atoms with Crippen LogP contribution in [0.4, 0.5) is 0 Å². The maximum atomic E-state index is 12.9. The molecular weight excluding hydrogens is 366 g/mol. The van der Waals surface area contributed by atoms with Crippen LogP contribution >= 0.6 is 0 Å². The average molecular weight is 404 g/mol. The Morgan fingerprint density at radius 1 is 0.931 bits per heavy atom. The topological polar surface area (TPSA) is 78.5 Å². The number of hydrogen-bond acceptors (Lipinski definition) is 3. The molecule has 0 spiro atoms. The molecule has 0 radical (unpaired) electrons. The van der Waals surface area contributed by atoms with Crippen molar-refractivity contribution >= 4 is 17.7 Å². The van der Waals surface area contributed by atoms with Crippen LogP contribution in [0.2, 0.25) is 0 Å². The second-order valence-electron chi connectivity index (χ2n) is 10.1. The van der Waals surface area contributed by atoms with Crippen LogP contribution in [0.5, 0.6) is 0 Å². The van der Waals surface area contributed by atoms with Crippen molar-refractivity contribution in [3.05, 3.63) is 0 Å². The SMILES string of the molecule is O=C(CCNC(=O)C12CC3CC(CC(C3)C1)C2)NCCCN1CCCCCC1=O. The zero-order valence-electron chi connectivity index (χ0n) is 17.7. The summed E-state index contributed by atoms with van der Waals surface area (Å²) < 4.78 is 0. The molecule has 0 unspecified atom stereocenters. The molecule has 29 heavy (non-hydrogen) atoms. The minimum absolute atomic E-state index is 0.0157. The van der Waals surface area contributed by atoms with Crippen molar-refractivity contribution in [1.82, 2.24) is 15.5 Å². The van der Waals surface area contributed by atoms with E-state index >= 15 is 0 Å². The molecule has 5 fully saturated rings. The Kier molecular flexibility index (Phi) is 6.45. The van der Waals surface area contributed by atoms with Crippen molar-refractivity contribution in [1.29, 1.82) is 0 Å². The van der Waals surface area contributed by atoms with Gasteiger partial charge in [-0.1, -0.05) is 6.42 Å². The highest BCUT2D eigenvalue weighted by molar-refractivity contribution is 5.84. The van der Waals surface area contributed by atoms with Gasteiger partial charge in [-0.25, -0.2) is 0 Å². The summed E-state index contributed by atoms with van der Waals surface area (Å²) in [5.74, 6) is 2.70. The summed E-state index contributed by atoms with van der Waals surface area (Å²) >= 11 is 0. The largest absolute Gasteiger partial charge is 0.356 e. The van der Waals surface area contributed by atoms with Crippen LogP contribution in [0.15, 0.2) is 0 Å². The highest BCUT2D eigenvalue weighted by Gasteiger charge is 2.54. The van der Waals surface area contributed by atoms with E-state index in [2.05, 4.69) is 10.6 Å². The smallest absolute Gasteiger partial charge is 0.226 e. The zero-order chi connectivity index (χ0) is 20.3. The Labute approximate surface area is 174 Å². The van der Waals surface area contributed by atoms with Crippen molar-refractivity contribution in [2.75, 3.05) is 26.2 Å². The standard InChI is InChI=1S/C23H37N3O3/c27-20(24-7-4-10-26-9-3-1-2-5-21(26)28)6-8-25-22(29)23-14-17-11-18(15-23)13-19(12-17)16-23/h17-19H,1-16H2,(H,24,27)(H,25,29). The highest BCUT2D eigenvalue weighted by Crippen LogP contribution is 2.60. The lowest BCUT2D eigenvalue weighted by Gasteiger charge is -2.55. The molecule has 4 bridgehead atoms. The summed E-state index contributed by atoms with van der Waals surface area (Å²) in [5, 5.41) is 6.01. The summed E-state index contributed by atoms with van der Waals surface area (Å²) in [6.07, 6.45) is 12.2. The van der Waals surface area contributed by atoms with Crippen LogP contribution in [0.25, 0.3) is 0 Å². The fourth-order valence-corrected chi connectivity index (χ4v) is 6.73.